The number of aliphatic carboxylic acids is 2. The van der Waals surface area contributed by atoms with Crippen LogP contribution in [0.1, 0.15) is 82.3 Å². The first-order valence-corrected chi connectivity index (χ1v) is 11.1. The van der Waals surface area contributed by atoms with Crippen LogP contribution in [0.25, 0.3) is 0 Å². The van der Waals surface area contributed by atoms with Crippen molar-refractivity contribution >= 4 is 11.9 Å². The Hall–Kier alpha value is -1.88. The van der Waals surface area contributed by atoms with Gasteiger partial charge in [-0.15, -0.1) is 0 Å². The van der Waals surface area contributed by atoms with E-state index >= 15 is 0 Å². The number of rotatable bonds is 13. The molecule has 1 unspecified atom stereocenters. The molecule has 0 saturated heterocycles. The summed E-state index contributed by atoms with van der Waals surface area (Å²) in [5.74, 6) is -2.42. The molecule has 1 aliphatic rings. The van der Waals surface area contributed by atoms with Gasteiger partial charge in [-0.2, -0.15) is 0 Å². The van der Waals surface area contributed by atoms with Crippen molar-refractivity contribution in [1.82, 2.24) is 4.90 Å². The van der Waals surface area contributed by atoms with E-state index in [0.717, 1.165) is 6.42 Å². The molecule has 1 aromatic carbocycles. The highest BCUT2D eigenvalue weighted by atomic mass is 16.4. The summed E-state index contributed by atoms with van der Waals surface area (Å²) in [6, 6.07) is 8.64. The molecular formula is C24H37NO4. The van der Waals surface area contributed by atoms with E-state index in [-0.39, 0.29) is 18.9 Å². The fourth-order valence-corrected chi connectivity index (χ4v) is 4.39. The molecule has 1 fully saturated rings. The monoisotopic (exact) mass is 403 g/mol. The first-order valence-electron chi connectivity index (χ1n) is 11.1. The lowest BCUT2D eigenvalue weighted by atomic mass is 9.86. The second kappa shape index (κ2) is 11.3. The lowest BCUT2D eigenvalue weighted by molar-refractivity contribution is -0.164. The molecule has 0 aromatic heterocycles. The molecule has 29 heavy (non-hydrogen) atoms. The Morgan fingerprint density at radius 1 is 0.966 bits per heavy atom. The molecule has 5 nitrogen and oxygen atoms in total. The molecule has 2 N–H and O–H groups in total. The molecule has 0 aliphatic heterocycles. The van der Waals surface area contributed by atoms with Gasteiger partial charge in [0.25, 0.3) is 0 Å². The lowest BCUT2D eigenvalue weighted by Crippen LogP contribution is -2.39. The second-order valence-electron chi connectivity index (χ2n) is 8.69. The Morgan fingerprint density at radius 3 is 2.07 bits per heavy atom. The van der Waals surface area contributed by atoms with Crippen LogP contribution in [0.15, 0.2) is 24.3 Å². The van der Waals surface area contributed by atoms with Crippen molar-refractivity contribution in [2.45, 2.75) is 90.1 Å². The first kappa shape index (κ1) is 23.4. The van der Waals surface area contributed by atoms with Crippen molar-refractivity contribution in [2.75, 3.05) is 7.05 Å². The van der Waals surface area contributed by atoms with Crippen molar-refractivity contribution in [1.29, 1.82) is 0 Å². The minimum Gasteiger partial charge on any atom is -0.480 e. The van der Waals surface area contributed by atoms with E-state index in [1.807, 2.05) is 7.05 Å². The number of carboxylic acid groups (broad SMARTS) is 2. The maximum absolute atomic E-state index is 11.5. The molecule has 1 saturated carbocycles. The second-order valence-corrected chi connectivity index (χ2v) is 8.69. The maximum atomic E-state index is 11.5. The van der Waals surface area contributed by atoms with Gasteiger partial charge in [-0.1, -0.05) is 69.7 Å². The van der Waals surface area contributed by atoms with Gasteiger partial charge in [0.05, 0.1) is 0 Å². The highest BCUT2D eigenvalue weighted by molar-refractivity contribution is 5.98. The van der Waals surface area contributed by atoms with E-state index in [2.05, 4.69) is 36.1 Å². The molecule has 2 rings (SSSR count). The number of nitrogens with zero attached hydrogens (tertiary/aromatic N) is 1. The highest BCUT2D eigenvalue weighted by Crippen LogP contribution is 2.41. The van der Waals surface area contributed by atoms with Gasteiger partial charge in [0.2, 0.25) is 0 Å². The Balaban J connectivity index is 1.76. The summed E-state index contributed by atoms with van der Waals surface area (Å²) in [7, 11) is 1.96. The number of benzene rings is 1. The third-order valence-corrected chi connectivity index (χ3v) is 6.45. The number of aryl methyl sites for hydroxylation is 1. The van der Waals surface area contributed by atoms with Crippen LogP contribution in [-0.4, -0.2) is 40.1 Å². The third-order valence-electron chi connectivity index (χ3n) is 6.45. The molecular weight excluding hydrogens is 366 g/mol. The van der Waals surface area contributed by atoms with Crippen LogP contribution in [0, 0.1) is 5.41 Å². The highest BCUT2D eigenvalue weighted by Gasteiger charge is 2.52. The van der Waals surface area contributed by atoms with Crippen LogP contribution in [0.2, 0.25) is 0 Å². The molecule has 0 amide bonds. The number of carboxylic acids is 2. The third kappa shape index (κ3) is 6.56. The Morgan fingerprint density at radius 2 is 1.52 bits per heavy atom. The summed E-state index contributed by atoms with van der Waals surface area (Å²) in [4.78, 5) is 25.1. The molecule has 0 spiro atoms. The number of hydrogen-bond acceptors (Lipinski definition) is 3. The number of unbranched alkanes of at least 4 members (excludes halogenated alkanes) is 6. The number of carbonyl (C=O) groups is 2. The zero-order valence-electron chi connectivity index (χ0n) is 18.0. The summed E-state index contributed by atoms with van der Waals surface area (Å²) < 4.78 is 0. The Bertz CT molecular complexity index is 641. The van der Waals surface area contributed by atoms with Gasteiger partial charge in [0, 0.05) is 12.6 Å². The smallest absolute Gasteiger partial charge is 0.321 e. The Kier molecular flexibility index (Phi) is 9.15. The van der Waals surface area contributed by atoms with Crippen molar-refractivity contribution in [3.05, 3.63) is 35.4 Å². The van der Waals surface area contributed by atoms with Crippen LogP contribution in [0.5, 0.6) is 0 Å². The van der Waals surface area contributed by atoms with E-state index in [1.165, 1.54) is 56.1 Å². The molecule has 0 bridgehead atoms. The average molecular weight is 404 g/mol. The average Bonchev–Trinajstić information content (AvgIpc) is 3.16. The van der Waals surface area contributed by atoms with E-state index in [4.69, 9.17) is 0 Å². The topological polar surface area (TPSA) is 77.8 Å². The fraction of sp³-hybridized carbons (Fsp3) is 0.667. The van der Waals surface area contributed by atoms with Gasteiger partial charge in [0.15, 0.2) is 5.41 Å². The van der Waals surface area contributed by atoms with Gasteiger partial charge in [-0.05, 0) is 50.3 Å². The summed E-state index contributed by atoms with van der Waals surface area (Å²) >= 11 is 0. The van der Waals surface area contributed by atoms with Crippen LogP contribution < -0.4 is 0 Å². The zero-order chi connectivity index (χ0) is 21.3. The van der Waals surface area contributed by atoms with Crippen LogP contribution >= 0.6 is 0 Å². The molecule has 1 aromatic rings. The van der Waals surface area contributed by atoms with Gasteiger partial charge < -0.3 is 10.2 Å². The fourth-order valence-electron chi connectivity index (χ4n) is 4.39. The van der Waals surface area contributed by atoms with Gasteiger partial charge >= 0.3 is 11.9 Å². The first-order chi connectivity index (χ1) is 13.9. The standard InChI is InChI=1S/C24H37NO4/c1-3-4-5-6-7-8-9-10-19-11-13-20(14-12-19)18-25(2)21-15-16-24(17-21,22(26)27)23(28)29/h11-14,21H,3-10,15-18H2,1-2H3,(H,26,27)(H,28,29). The summed E-state index contributed by atoms with van der Waals surface area (Å²) in [5.41, 5.74) is 0.917. The molecule has 0 radical (unpaired) electrons. The Labute approximate surface area is 175 Å². The SMILES string of the molecule is CCCCCCCCCc1ccc(CN(C)C2CCC(C(=O)O)(C(=O)O)C2)cc1. The normalized spacial score (nSPS) is 18.2. The molecule has 162 valence electrons. The van der Waals surface area contributed by atoms with Crippen molar-refractivity contribution in [3.8, 4) is 0 Å². The quantitative estimate of drug-likeness (QED) is 0.353. The molecule has 1 aliphatic carbocycles. The molecule has 1 atom stereocenters. The van der Waals surface area contributed by atoms with Crippen molar-refractivity contribution in [2.24, 2.45) is 5.41 Å². The van der Waals surface area contributed by atoms with Crippen LogP contribution in [-0.2, 0) is 22.6 Å². The van der Waals surface area contributed by atoms with E-state index in [9.17, 15) is 19.8 Å². The van der Waals surface area contributed by atoms with Crippen LogP contribution in [0.4, 0.5) is 0 Å². The summed E-state index contributed by atoms with van der Waals surface area (Å²) in [6.45, 7) is 2.95. The lowest BCUT2D eigenvalue weighted by Gasteiger charge is -2.26. The molecule has 0 heterocycles. The van der Waals surface area contributed by atoms with E-state index in [1.54, 1.807) is 0 Å². The van der Waals surface area contributed by atoms with Gasteiger partial charge in [-0.3, -0.25) is 14.5 Å². The minimum absolute atomic E-state index is 0.0189. The molecule has 5 heteroatoms. The van der Waals surface area contributed by atoms with E-state index in [0.29, 0.717) is 13.0 Å². The van der Waals surface area contributed by atoms with E-state index < -0.39 is 17.4 Å². The van der Waals surface area contributed by atoms with Gasteiger partial charge in [0.1, 0.15) is 0 Å². The van der Waals surface area contributed by atoms with Crippen molar-refractivity contribution < 1.29 is 19.8 Å². The largest absolute Gasteiger partial charge is 0.480 e. The summed E-state index contributed by atoms with van der Waals surface area (Å²) in [6.07, 6.45) is 11.3. The predicted molar refractivity (Wildman–Crippen MR) is 115 cm³/mol. The predicted octanol–water partition coefficient (Wildman–Crippen LogP) is 5.12. The zero-order valence-corrected chi connectivity index (χ0v) is 18.0. The van der Waals surface area contributed by atoms with Crippen LogP contribution in [0.3, 0.4) is 0 Å². The number of hydrogen-bond donors (Lipinski definition) is 2. The van der Waals surface area contributed by atoms with Gasteiger partial charge in [-0.25, -0.2) is 0 Å². The summed E-state index contributed by atoms with van der Waals surface area (Å²) in [5, 5.41) is 18.8. The van der Waals surface area contributed by atoms with Crippen molar-refractivity contribution in [3.63, 3.8) is 0 Å². The maximum Gasteiger partial charge on any atom is 0.321 e. The minimum atomic E-state index is -1.63.